The zero-order valence-corrected chi connectivity index (χ0v) is 16.5. The minimum Gasteiger partial charge on any atom is -0.497 e. The van der Waals surface area contributed by atoms with Gasteiger partial charge in [0.1, 0.15) is 17.3 Å². The van der Waals surface area contributed by atoms with Crippen molar-refractivity contribution < 1.29 is 14.3 Å². The summed E-state index contributed by atoms with van der Waals surface area (Å²) >= 11 is 0. The lowest BCUT2D eigenvalue weighted by molar-refractivity contribution is 0.0734. The van der Waals surface area contributed by atoms with Gasteiger partial charge in [0.15, 0.2) is 0 Å². The van der Waals surface area contributed by atoms with Gasteiger partial charge in [-0.3, -0.25) is 4.79 Å². The fraction of sp³-hybridized carbons (Fsp3) is 0.217. The van der Waals surface area contributed by atoms with E-state index < -0.39 is 0 Å². The van der Waals surface area contributed by atoms with E-state index >= 15 is 0 Å². The molecule has 0 bridgehead atoms. The normalized spacial score (nSPS) is 12.8. The van der Waals surface area contributed by atoms with Crippen LogP contribution in [0.25, 0.3) is 0 Å². The van der Waals surface area contributed by atoms with Crippen molar-refractivity contribution in [1.82, 2.24) is 9.88 Å². The summed E-state index contributed by atoms with van der Waals surface area (Å²) in [4.78, 5) is 19.2. The van der Waals surface area contributed by atoms with Crippen LogP contribution in [0.5, 0.6) is 11.5 Å². The number of ether oxygens (including phenoxy) is 2. The van der Waals surface area contributed by atoms with Crippen molar-refractivity contribution in [3.05, 3.63) is 77.5 Å². The predicted molar refractivity (Wildman–Crippen MR) is 112 cm³/mol. The second kappa shape index (κ2) is 8.22. The fourth-order valence-corrected chi connectivity index (χ4v) is 3.49. The summed E-state index contributed by atoms with van der Waals surface area (Å²) in [6.45, 7) is 1.36. The molecule has 4 rings (SSSR count). The molecule has 1 aromatic heterocycles. The predicted octanol–water partition coefficient (Wildman–Crippen LogP) is 4.04. The first-order chi connectivity index (χ1) is 14.2. The van der Waals surface area contributed by atoms with Gasteiger partial charge < -0.3 is 19.7 Å². The van der Waals surface area contributed by atoms with Gasteiger partial charge in [-0.05, 0) is 41.8 Å². The number of nitrogens with zero attached hydrogens (tertiary/aromatic N) is 2. The maximum atomic E-state index is 12.9. The Balaban J connectivity index is 1.46. The lowest BCUT2D eigenvalue weighted by Crippen LogP contribution is -2.35. The van der Waals surface area contributed by atoms with Crippen molar-refractivity contribution in [1.29, 1.82) is 0 Å². The van der Waals surface area contributed by atoms with Crippen LogP contribution >= 0.6 is 0 Å². The monoisotopic (exact) mass is 389 g/mol. The first kappa shape index (κ1) is 18.8. The molecule has 0 spiro atoms. The molecule has 0 fully saturated rings. The fourth-order valence-electron chi connectivity index (χ4n) is 3.49. The average molecular weight is 389 g/mol. The van der Waals surface area contributed by atoms with Crippen molar-refractivity contribution in [2.75, 3.05) is 26.1 Å². The van der Waals surface area contributed by atoms with Crippen LogP contribution in [0.3, 0.4) is 0 Å². The highest BCUT2D eigenvalue weighted by atomic mass is 16.5. The highest BCUT2D eigenvalue weighted by molar-refractivity contribution is 5.94. The number of nitrogens with one attached hydrogen (secondary N) is 1. The molecule has 1 aliphatic rings. The van der Waals surface area contributed by atoms with Gasteiger partial charge in [-0.15, -0.1) is 0 Å². The Hall–Kier alpha value is -3.54. The van der Waals surface area contributed by atoms with Gasteiger partial charge >= 0.3 is 0 Å². The topological polar surface area (TPSA) is 63.7 Å². The molecule has 0 saturated carbocycles. The van der Waals surface area contributed by atoms with Gasteiger partial charge in [-0.25, -0.2) is 4.98 Å². The molecule has 3 aromatic rings. The molecule has 1 amide bonds. The minimum atomic E-state index is 0.000538. The molecule has 0 aliphatic carbocycles. The van der Waals surface area contributed by atoms with Gasteiger partial charge in [0, 0.05) is 25.4 Å². The SMILES string of the molecule is COc1ccc(Nc2ccc(C(=O)N3CCc4ccccc4C3)cn2)c(OC)c1. The average Bonchev–Trinajstić information content (AvgIpc) is 2.79. The van der Waals surface area contributed by atoms with E-state index in [1.54, 1.807) is 38.6 Å². The Kier molecular flexibility index (Phi) is 5.33. The summed E-state index contributed by atoms with van der Waals surface area (Å²) in [6, 6.07) is 17.4. The molecule has 0 saturated heterocycles. The maximum Gasteiger partial charge on any atom is 0.255 e. The van der Waals surface area contributed by atoms with Crippen molar-refractivity contribution in [3.8, 4) is 11.5 Å². The Morgan fingerprint density at radius 3 is 2.59 bits per heavy atom. The van der Waals surface area contributed by atoms with Crippen LogP contribution in [0.2, 0.25) is 0 Å². The van der Waals surface area contributed by atoms with Gasteiger partial charge in [0.2, 0.25) is 0 Å². The number of rotatable bonds is 5. The molecular weight excluding hydrogens is 366 g/mol. The number of carbonyl (C=O) groups excluding carboxylic acids is 1. The summed E-state index contributed by atoms with van der Waals surface area (Å²) in [5, 5.41) is 3.22. The second-order valence-corrected chi connectivity index (χ2v) is 6.87. The number of hydrogen-bond acceptors (Lipinski definition) is 5. The molecule has 6 heteroatoms. The van der Waals surface area contributed by atoms with E-state index in [0.29, 0.717) is 29.4 Å². The van der Waals surface area contributed by atoms with E-state index in [1.165, 1.54) is 11.1 Å². The number of amides is 1. The molecule has 0 atom stereocenters. The summed E-state index contributed by atoms with van der Waals surface area (Å²) in [5.74, 6) is 2.00. The summed E-state index contributed by atoms with van der Waals surface area (Å²) in [6.07, 6.45) is 2.49. The van der Waals surface area contributed by atoms with E-state index in [0.717, 1.165) is 18.7 Å². The number of methoxy groups -OCH3 is 2. The molecule has 0 unspecified atom stereocenters. The summed E-state index contributed by atoms with van der Waals surface area (Å²) in [7, 11) is 3.21. The molecule has 0 radical (unpaired) electrons. The number of carbonyl (C=O) groups is 1. The first-order valence-electron chi connectivity index (χ1n) is 9.49. The summed E-state index contributed by atoms with van der Waals surface area (Å²) < 4.78 is 10.6. The molecule has 1 N–H and O–H groups in total. The number of anilines is 2. The van der Waals surface area contributed by atoms with E-state index in [2.05, 4.69) is 22.4 Å². The Morgan fingerprint density at radius 1 is 1.03 bits per heavy atom. The Bertz CT molecular complexity index is 1020. The van der Waals surface area contributed by atoms with Gasteiger partial charge in [0.05, 0.1) is 25.5 Å². The molecule has 148 valence electrons. The zero-order valence-electron chi connectivity index (χ0n) is 16.5. The number of aromatic nitrogens is 1. The van der Waals surface area contributed by atoms with Gasteiger partial charge in [-0.2, -0.15) is 0 Å². The van der Waals surface area contributed by atoms with Crippen LogP contribution in [0.1, 0.15) is 21.5 Å². The highest BCUT2D eigenvalue weighted by Crippen LogP contribution is 2.31. The standard InChI is InChI=1S/C23H23N3O3/c1-28-19-8-9-20(21(13-19)29-2)25-22-10-7-17(14-24-22)23(27)26-12-11-16-5-3-4-6-18(16)15-26/h3-10,13-14H,11-12,15H2,1-2H3,(H,24,25). The van der Waals surface area contributed by atoms with Crippen molar-refractivity contribution >= 4 is 17.4 Å². The van der Waals surface area contributed by atoms with E-state index in [1.807, 2.05) is 29.2 Å². The van der Waals surface area contributed by atoms with E-state index in [9.17, 15) is 4.79 Å². The van der Waals surface area contributed by atoms with Crippen molar-refractivity contribution in [3.63, 3.8) is 0 Å². The highest BCUT2D eigenvalue weighted by Gasteiger charge is 2.21. The van der Waals surface area contributed by atoms with Crippen LogP contribution in [0.15, 0.2) is 60.8 Å². The van der Waals surface area contributed by atoms with Gasteiger partial charge in [0.25, 0.3) is 5.91 Å². The second-order valence-electron chi connectivity index (χ2n) is 6.87. The quantitative estimate of drug-likeness (QED) is 0.713. The molecule has 1 aliphatic heterocycles. The third-order valence-corrected chi connectivity index (χ3v) is 5.10. The zero-order chi connectivity index (χ0) is 20.2. The van der Waals surface area contributed by atoms with Gasteiger partial charge in [-0.1, -0.05) is 24.3 Å². The Labute approximate surface area is 170 Å². The maximum absolute atomic E-state index is 12.9. The number of pyridine rings is 1. The minimum absolute atomic E-state index is 0.000538. The molecule has 29 heavy (non-hydrogen) atoms. The van der Waals surface area contributed by atoms with E-state index in [-0.39, 0.29) is 5.91 Å². The Morgan fingerprint density at radius 2 is 1.86 bits per heavy atom. The van der Waals surface area contributed by atoms with Crippen molar-refractivity contribution in [2.45, 2.75) is 13.0 Å². The number of benzene rings is 2. The largest absolute Gasteiger partial charge is 0.497 e. The molecular formula is C23H23N3O3. The third-order valence-electron chi connectivity index (χ3n) is 5.10. The molecule has 2 heterocycles. The van der Waals surface area contributed by atoms with Crippen LogP contribution in [0, 0.1) is 0 Å². The summed E-state index contributed by atoms with van der Waals surface area (Å²) in [5.41, 5.74) is 3.89. The van der Waals surface area contributed by atoms with Crippen LogP contribution in [-0.4, -0.2) is 36.6 Å². The molecule has 6 nitrogen and oxygen atoms in total. The van der Waals surface area contributed by atoms with Crippen LogP contribution in [0.4, 0.5) is 11.5 Å². The van der Waals surface area contributed by atoms with Crippen LogP contribution in [-0.2, 0) is 13.0 Å². The number of fused-ring (bicyclic) bond motifs is 1. The number of hydrogen-bond donors (Lipinski definition) is 1. The lowest BCUT2D eigenvalue weighted by Gasteiger charge is -2.28. The molecule has 2 aromatic carbocycles. The van der Waals surface area contributed by atoms with Crippen molar-refractivity contribution in [2.24, 2.45) is 0 Å². The third kappa shape index (κ3) is 4.01. The van der Waals surface area contributed by atoms with E-state index in [4.69, 9.17) is 9.47 Å². The van der Waals surface area contributed by atoms with Crippen LogP contribution < -0.4 is 14.8 Å². The smallest absolute Gasteiger partial charge is 0.255 e. The lowest BCUT2D eigenvalue weighted by atomic mass is 9.99. The first-order valence-corrected chi connectivity index (χ1v) is 9.49.